The van der Waals surface area contributed by atoms with E-state index in [1.165, 1.54) is 0 Å². The first-order valence-electron chi connectivity index (χ1n) is 5.90. The number of pyridine rings is 1. The molecule has 0 aromatic carbocycles. The number of hydrogen-bond donors (Lipinski definition) is 1. The number of imidazole rings is 1. The molecule has 2 aromatic heterocycles. The summed E-state index contributed by atoms with van der Waals surface area (Å²) in [4.78, 5) is 4.51. The Morgan fingerprint density at radius 3 is 3.12 bits per heavy atom. The molecule has 1 aliphatic rings. The van der Waals surface area contributed by atoms with Gasteiger partial charge >= 0.3 is 0 Å². The molecule has 0 spiro atoms. The van der Waals surface area contributed by atoms with Crippen molar-refractivity contribution in [3.8, 4) is 6.07 Å². The summed E-state index contributed by atoms with van der Waals surface area (Å²) in [5, 5.41) is 12.5. The monoisotopic (exact) mass is 226 g/mol. The molecule has 0 radical (unpaired) electrons. The maximum atomic E-state index is 9.14. The quantitative estimate of drug-likeness (QED) is 0.803. The third-order valence-corrected chi connectivity index (χ3v) is 3.41. The summed E-state index contributed by atoms with van der Waals surface area (Å²) >= 11 is 0. The zero-order valence-electron chi connectivity index (χ0n) is 9.77. The minimum Gasteiger partial charge on any atom is -0.316 e. The van der Waals surface area contributed by atoms with Crippen LogP contribution >= 0.6 is 0 Å². The van der Waals surface area contributed by atoms with E-state index in [9.17, 15) is 0 Å². The Kier molecular flexibility index (Phi) is 2.34. The third kappa shape index (κ3) is 1.51. The molecule has 1 saturated heterocycles. The number of nitrogens with zero attached hydrogens (tertiary/aromatic N) is 3. The second kappa shape index (κ2) is 3.86. The zero-order valence-corrected chi connectivity index (χ0v) is 9.77. The Morgan fingerprint density at radius 1 is 1.53 bits per heavy atom. The number of aromatic nitrogens is 2. The first kappa shape index (κ1) is 10.3. The second-order valence-electron chi connectivity index (χ2n) is 4.51. The Morgan fingerprint density at radius 2 is 2.41 bits per heavy atom. The van der Waals surface area contributed by atoms with Crippen molar-refractivity contribution in [1.29, 1.82) is 5.26 Å². The average Bonchev–Trinajstić information content (AvgIpc) is 2.95. The van der Waals surface area contributed by atoms with Crippen LogP contribution in [0, 0.1) is 18.3 Å². The van der Waals surface area contributed by atoms with E-state index >= 15 is 0 Å². The highest BCUT2D eigenvalue weighted by Crippen LogP contribution is 2.25. The summed E-state index contributed by atoms with van der Waals surface area (Å²) in [5.41, 5.74) is 2.60. The summed E-state index contributed by atoms with van der Waals surface area (Å²) in [6.45, 7) is 4.05. The van der Waals surface area contributed by atoms with E-state index in [0.717, 1.165) is 36.5 Å². The highest BCUT2D eigenvalue weighted by Gasteiger charge is 2.23. The average molecular weight is 226 g/mol. The summed E-state index contributed by atoms with van der Waals surface area (Å²) in [6.07, 6.45) is 1.10. The van der Waals surface area contributed by atoms with Gasteiger partial charge in [0.25, 0.3) is 0 Å². The van der Waals surface area contributed by atoms with E-state index in [1.54, 1.807) is 0 Å². The number of hydrogen-bond acceptors (Lipinski definition) is 3. The van der Waals surface area contributed by atoms with Crippen LogP contribution in [-0.4, -0.2) is 22.5 Å². The SMILES string of the molecule is Cc1cccc2c(C#N)nc(C3CCNC3)n12. The molecule has 3 heterocycles. The summed E-state index contributed by atoms with van der Waals surface area (Å²) in [7, 11) is 0. The molecule has 1 aliphatic heterocycles. The molecule has 0 amide bonds. The maximum absolute atomic E-state index is 9.14. The van der Waals surface area contributed by atoms with Crippen LogP contribution in [0.5, 0.6) is 0 Å². The maximum Gasteiger partial charge on any atom is 0.166 e. The minimum atomic E-state index is 0.422. The standard InChI is InChI=1S/C13H14N4/c1-9-3-2-4-12-11(7-14)16-13(17(9)12)10-5-6-15-8-10/h2-4,10,15H,5-6,8H2,1H3. The molecule has 0 bridgehead atoms. The molecule has 17 heavy (non-hydrogen) atoms. The molecule has 2 aromatic rings. The van der Waals surface area contributed by atoms with E-state index < -0.39 is 0 Å². The van der Waals surface area contributed by atoms with Crippen molar-refractivity contribution in [2.24, 2.45) is 0 Å². The van der Waals surface area contributed by atoms with Crippen molar-refractivity contribution in [2.75, 3.05) is 13.1 Å². The Balaban J connectivity index is 2.27. The van der Waals surface area contributed by atoms with Gasteiger partial charge < -0.3 is 5.32 Å². The van der Waals surface area contributed by atoms with E-state index in [1.807, 2.05) is 12.1 Å². The van der Waals surface area contributed by atoms with Crippen molar-refractivity contribution >= 4 is 5.52 Å². The number of fused-ring (bicyclic) bond motifs is 1. The van der Waals surface area contributed by atoms with Gasteiger partial charge in [0.15, 0.2) is 5.69 Å². The number of rotatable bonds is 1. The molecule has 1 fully saturated rings. The van der Waals surface area contributed by atoms with E-state index in [2.05, 4.69) is 33.8 Å². The fraction of sp³-hybridized carbons (Fsp3) is 0.385. The molecule has 0 saturated carbocycles. The third-order valence-electron chi connectivity index (χ3n) is 3.41. The first-order valence-corrected chi connectivity index (χ1v) is 5.90. The summed E-state index contributed by atoms with van der Waals surface area (Å²) in [6, 6.07) is 8.18. The van der Waals surface area contributed by atoms with Crippen molar-refractivity contribution in [1.82, 2.24) is 14.7 Å². The molecule has 1 atom stereocenters. The molecular formula is C13H14N4. The Hall–Kier alpha value is -1.86. The van der Waals surface area contributed by atoms with Gasteiger partial charge in [-0.15, -0.1) is 0 Å². The van der Waals surface area contributed by atoms with Crippen LogP contribution in [0.1, 0.15) is 29.6 Å². The smallest absolute Gasteiger partial charge is 0.166 e. The van der Waals surface area contributed by atoms with Crippen LogP contribution in [0.2, 0.25) is 0 Å². The van der Waals surface area contributed by atoms with E-state index in [0.29, 0.717) is 11.6 Å². The van der Waals surface area contributed by atoms with Crippen molar-refractivity contribution < 1.29 is 0 Å². The first-order chi connectivity index (χ1) is 8.31. The van der Waals surface area contributed by atoms with Crippen LogP contribution in [-0.2, 0) is 0 Å². The summed E-state index contributed by atoms with van der Waals surface area (Å²) < 4.78 is 2.12. The lowest BCUT2D eigenvalue weighted by Gasteiger charge is -2.09. The molecule has 0 aliphatic carbocycles. The number of nitriles is 1. The Bertz CT molecular complexity index is 600. The molecule has 86 valence electrons. The topological polar surface area (TPSA) is 53.1 Å². The van der Waals surface area contributed by atoms with Gasteiger partial charge in [-0.25, -0.2) is 4.98 Å². The van der Waals surface area contributed by atoms with Crippen LogP contribution in [0.4, 0.5) is 0 Å². The summed E-state index contributed by atoms with van der Waals surface area (Å²) in [5.74, 6) is 1.45. The van der Waals surface area contributed by atoms with Gasteiger partial charge in [0.05, 0.1) is 5.52 Å². The second-order valence-corrected chi connectivity index (χ2v) is 4.51. The zero-order chi connectivity index (χ0) is 11.8. The van der Waals surface area contributed by atoms with Crippen molar-refractivity contribution in [3.63, 3.8) is 0 Å². The molecular weight excluding hydrogens is 212 g/mol. The predicted molar refractivity (Wildman–Crippen MR) is 64.9 cm³/mol. The molecule has 1 N–H and O–H groups in total. The lowest BCUT2D eigenvalue weighted by Crippen LogP contribution is -2.10. The van der Waals surface area contributed by atoms with E-state index in [4.69, 9.17) is 5.26 Å². The minimum absolute atomic E-state index is 0.422. The fourth-order valence-corrected chi connectivity index (χ4v) is 2.56. The fourth-order valence-electron chi connectivity index (χ4n) is 2.56. The molecule has 4 heteroatoms. The van der Waals surface area contributed by atoms with Crippen molar-refractivity contribution in [3.05, 3.63) is 35.4 Å². The van der Waals surface area contributed by atoms with Crippen LogP contribution in [0.3, 0.4) is 0 Å². The normalized spacial score (nSPS) is 19.6. The largest absolute Gasteiger partial charge is 0.316 e. The number of aryl methyl sites for hydroxylation is 1. The highest BCUT2D eigenvalue weighted by molar-refractivity contribution is 5.59. The van der Waals surface area contributed by atoms with Gasteiger partial charge in [0.2, 0.25) is 0 Å². The lowest BCUT2D eigenvalue weighted by atomic mass is 10.1. The van der Waals surface area contributed by atoms with Crippen LogP contribution < -0.4 is 5.32 Å². The highest BCUT2D eigenvalue weighted by atomic mass is 15.1. The van der Waals surface area contributed by atoms with Crippen LogP contribution in [0.25, 0.3) is 5.52 Å². The van der Waals surface area contributed by atoms with Gasteiger partial charge in [-0.05, 0) is 32.0 Å². The van der Waals surface area contributed by atoms with E-state index in [-0.39, 0.29) is 0 Å². The molecule has 1 unspecified atom stereocenters. The van der Waals surface area contributed by atoms with Crippen LogP contribution in [0.15, 0.2) is 18.2 Å². The molecule has 3 rings (SSSR count). The lowest BCUT2D eigenvalue weighted by molar-refractivity contribution is 0.693. The number of nitrogens with one attached hydrogen (secondary N) is 1. The van der Waals surface area contributed by atoms with Gasteiger partial charge in [-0.1, -0.05) is 6.07 Å². The van der Waals surface area contributed by atoms with Gasteiger partial charge in [-0.3, -0.25) is 4.40 Å². The Labute approximate surface area is 99.9 Å². The van der Waals surface area contributed by atoms with Gasteiger partial charge in [0.1, 0.15) is 11.9 Å². The predicted octanol–water partition coefficient (Wildman–Crippen LogP) is 1.59. The van der Waals surface area contributed by atoms with Gasteiger partial charge in [0, 0.05) is 18.2 Å². The molecule has 4 nitrogen and oxygen atoms in total. The van der Waals surface area contributed by atoms with Gasteiger partial charge in [-0.2, -0.15) is 5.26 Å². The van der Waals surface area contributed by atoms with Crippen molar-refractivity contribution in [2.45, 2.75) is 19.3 Å².